The summed E-state index contributed by atoms with van der Waals surface area (Å²) in [5.41, 5.74) is 3.40. The molecule has 3 aromatic rings. The van der Waals surface area contributed by atoms with Crippen LogP contribution in [0, 0.1) is 6.33 Å². The van der Waals surface area contributed by atoms with Gasteiger partial charge in [-0.3, -0.25) is 0 Å². The van der Waals surface area contributed by atoms with E-state index in [-0.39, 0.29) is 0 Å². The molecule has 0 atom stereocenters. The average Bonchev–Trinajstić information content (AvgIpc) is 2.85. The van der Waals surface area contributed by atoms with Crippen LogP contribution < -0.4 is 0 Å². The average molecular weight is 337 g/mol. The monoisotopic (exact) mass is 335 g/mol. The predicted octanol–water partition coefficient (Wildman–Crippen LogP) is 4.26. The van der Waals surface area contributed by atoms with Crippen molar-refractivity contribution in [2.75, 3.05) is 0 Å². The van der Waals surface area contributed by atoms with E-state index in [0.29, 0.717) is 12.7 Å². The fraction of sp³-hybridized carbons (Fsp3) is 0.0714. The molecule has 0 saturated carbocycles. The summed E-state index contributed by atoms with van der Waals surface area (Å²) in [6.07, 6.45) is 3.03. The maximum absolute atomic E-state index is 4.70. The van der Waals surface area contributed by atoms with Gasteiger partial charge in [-0.2, -0.15) is 0 Å². The quantitative estimate of drug-likeness (QED) is 0.505. The van der Waals surface area contributed by atoms with Gasteiger partial charge in [0.2, 0.25) is 0 Å². The summed E-state index contributed by atoms with van der Waals surface area (Å²) >= 11 is 0.569. The topological polar surface area (TPSA) is 17.8 Å². The van der Waals surface area contributed by atoms with E-state index in [2.05, 4.69) is 41.6 Å². The van der Waals surface area contributed by atoms with Crippen LogP contribution in [0.3, 0.4) is 0 Å². The van der Waals surface area contributed by atoms with Crippen molar-refractivity contribution in [1.29, 1.82) is 0 Å². The van der Waals surface area contributed by atoms with Crippen molar-refractivity contribution in [3.8, 4) is 0 Å². The summed E-state index contributed by atoms with van der Waals surface area (Å²) in [5.74, 6) is 0. The zero-order chi connectivity index (χ0) is 13.5. The third-order valence-corrected chi connectivity index (χ3v) is 2.65. The van der Waals surface area contributed by atoms with Crippen LogP contribution in [0.15, 0.2) is 54.6 Å². The van der Waals surface area contributed by atoms with Gasteiger partial charge in [0.25, 0.3) is 0 Å². The number of para-hydroxylation sites is 2. The van der Waals surface area contributed by atoms with Crippen LogP contribution in [0.4, 0.5) is 0 Å². The largest absolute Gasteiger partial charge is 0.443 e. The molecule has 19 heavy (non-hydrogen) atoms. The first-order chi connectivity index (χ1) is 9.35. The Morgan fingerprint density at radius 3 is 2.37 bits per heavy atom. The second-order valence-corrected chi connectivity index (χ2v) is 5.45. The number of aromatic nitrogens is 2. The van der Waals surface area contributed by atoms with E-state index in [9.17, 15) is 0 Å². The van der Waals surface area contributed by atoms with E-state index in [0.717, 1.165) is 17.6 Å². The van der Waals surface area contributed by atoms with Gasteiger partial charge in [-0.15, -0.1) is 12.1 Å². The fourth-order valence-electron chi connectivity index (χ4n) is 1.84. The van der Waals surface area contributed by atoms with Crippen LogP contribution >= 0.6 is 20.4 Å². The van der Waals surface area contributed by atoms with E-state index in [1.165, 1.54) is 5.56 Å². The Labute approximate surface area is 126 Å². The second-order valence-electron chi connectivity index (χ2n) is 3.82. The van der Waals surface area contributed by atoms with E-state index < -0.39 is 0 Å². The zero-order valence-corrected chi connectivity index (χ0v) is 12.4. The molecular formula is C14H11Cl2N2Ni. The third-order valence-electron chi connectivity index (χ3n) is 2.65. The van der Waals surface area contributed by atoms with Crippen molar-refractivity contribution in [3.05, 3.63) is 66.5 Å². The summed E-state index contributed by atoms with van der Waals surface area (Å²) in [6.45, 7) is 0.821. The Bertz CT molecular complexity index is 625. The van der Waals surface area contributed by atoms with Crippen molar-refractivity contribution in [2.24, 2.45) is 0 Å². The van der Waals surface area contributed by atoms with Crippen LogP contribution in [0.1, 0.15) is 5.56 Å². The van der Waals surface area contributed by atoms with Crippen LogP contribution in [0.5, 0.6) is 0 Å². The van der Waals surface area contributed by atoms with E-state index in [1.807, 2.05) is 28.8 Å². The first kappa shape index (κ1) is 14.4. The molecule has 0 unspecified atom stereocenters. The van der Waals surface area contributed by atoms with Crippen molar-refractivity contribution in [1.82, 2.24) is 9.55 Å². The molecule has 2 aromatic carbocycles. The minimum atomic E-state index is 0.569. The number of fused-ring (bicyclic) bond motifs is 1. The van der Waals surface area contributed by atoms with Gasteiger partial charge >= 0.3 is 33.0 Å². The molecule has 0 saturated heterocycles. The van der Waals surface area contributed by atoms with Crippen molar-refractivity contribution >= 4 is 31.4 Å². The molecule has 0 radical (unpaired) electrons. The standard InChI is InChI=1S/C14H11N2.2ClH.Ni/c1-2-6-12(7-3-1)10-16-11-15-13-8-4-5-9-14(13)16;;;/h1-9H,10H2;2*1H;/q-1;;;+3/p-2. The molecular weight excluding hydrogens is 326 g/mol. The Morgan fingerprint density at radius 2 is 1.63 bits per heavy atom. The Balaban J connectivity index is 0.000000408. The van der Waals surface area contributed by atoms with Gasteiger partial charge < -0.3 is 9.55 Å². The summed E-state index contributed by atoms with van der Waals surface area (Å²) < 4.78 is 2.05. The Kier molecular flexibility index (Phi) is 5.71. The molecule has 1 heterocycles. The smallest absolute Gasteiger partial charge is 0.0251 e. The SMILES string of the molecule is [Cl][Ni+][Cl].[c-]1nc2ccccc2n1Cc1ccccc1. The maximum Gasteiger partial charge on any atom is 0.0251 e. The summed E-state index contributed by atoms with van der Waals surface area (Å²) in [4.78, 5) is 4.25. The normalized spacial score (nSPS) is 10.2. The molecule has 0 N–H and O–H groups in total. The van der Waals surface area contributed by atoms with E-state index >= 15 is 0 Å². The van der Waals surface area contributed by atoms with Gasteiger partial charge in [0.1, 0.15) is 0 Å². The summed E-state index contributed by atoms with van der Waals surface area (Å²) in [7, 11) is 9.40. The number of imidazole rings is 1. The molecule has 0 amide bonds. The van der Waals surface area contributed by atoms with Gasteiger partial charge in [0, 0.05) is 12.9 Å². The zero-order valence-electron chi connectivity index (χ0n) is 9.87. The number of rotatable bonds is 2. The van der Waals surface area contributed by atoms with Crippen LogP contribution in [0.2, 0.25) is 0 Å². The number of nitrogens with zero attached hydrogens (tertiary/aromatic N) is 2. The predicted molar refractivity (Wildman–Crippen MR) is 75.8 cm³/mol. The minimum absolute atomic E-state index is 0.569. The Morgan fingerprint density at radius 1 is 1.00 bits per heavy atom. The second kappa shape index (κ2) is 7.54. The molecule has 0 aliphatic rings. The molecule has 101 valence electrons. The van der Waals surface area contributed by atoms with Gasteiger partial charge in [0.05, 0.1) is 0 Å². The Hall–Kier alpha value is -1.02. The van der Waals surface area contributed by atoms with Gasteiger partial charge in [-0.1, -0.05) is 53.5 Å². The van der Waals surface area contributed by atoms with Crippen molar-refractivity contribution < 1.29 is 12.7 Å². The number of benzene rings is 2. The van der Waals surface area contributed by atoms with Crippen LogP contribution in [0.25, 0.3) is 11.0 Å². The third kappa shape index (κ3) is 3.97. The molecule has 5 heteroatoms. The first-order valence-electron chi connectivity index (χ1n) is 5.54. The van der Waals surface area contributed by atoms with Crippen LogP contribution in [-0.2, 0) is 19.2 Å². The van der Waals surface area contributed by atoms with Gasteiger partial charge in [-0.25, -0.2) is 0 Å². The molecule has 1 aromatic heterocycles. The maximum atomic E-state index is 4.70. The van der Waals surface area contributed by atoms with E-state index in [1.54, 1.807) is 0 Å². The van der Waals surface area contributed by atoms with E-state index in [4.69, 9.17) is 20.4 Å². The van der Waals surface area contributed by atoms with Crippen molar-refractivity contribution in [2.45, 2.75) is 6.54 Å². The molecule has 0 aliphatic carbocycles. The van der Waals surface area contributed by atoms with Crippen LogP contribution in [-0.4, -0.2) is 9.55 Å². The number of hydrogen-bond donors (Lipinski definition) is 0. The summed E-state index contributed by atoms with van der Waals surface area (Å²) in [5, 5.41) is 0. The molecule has 0 fully saturated rings. The molecule has 0 aliphatic heterocycles. The van der Waals surface area contributed by atoms with Gasteiger partial charge in [0.15, 0.2) is 0 Å². The minimum Gasteiger partial charge on any atom is -0.443 e. The summed E-state index contributed by atoms with van der Waals surface area (Å²) in [6, 6.07) is 18.5. The molecule has 0 bridgehead atoms. The van der Waals surface area contributed by atoms with Crippen molar-refractivity contribution in [3.63, 3.8) is 0 Å². The fourth-order valence-corrected chi connectivity index (χ4v) is 1.84. The molecule has 0 spiro atoms. The molecule has 2 nitrogen and oxygen atoms in total. The first-order valence-corrected chi connectivity index (χ1v) is 8.26. The number of halogens is 2. The van der Waals surface area contributed by atoms with Gasteiger partial charge in [-0.05, 0) is 5.56 Å². The number of hydrogen-bond acceptors (Lipinski definition) is 1. The molecule has 3 rings (SSSR count).